The Kier molecular flexibility index (Phi) is 2.04. The molecule has 1 aromatic carbocycles. The SMILES string of the molecule is CN1CCc2cc(F)c(F)cc2C1. The summed E-state index contributed by atoms with van der Waals surface area (Å²) in [4.78, 5) is 2.10. The summed E-state index contributed by atoms with van der Waals surface area (Å²) in [5.74, 6) is -1.47. The van der Waals surface area contributed by atoms with Crippen molar-refractivity contribution in [3.05, 3.63) is 34.9 Å². The van der Waals surface area contributed by atoms with Crippen LogP contribution in [0.4, 0.5) is 8.78 Å². The van der Waals surface area contributed by atoms with Crippen LogP contribution >= 0.6 is 0 Å². The van der Waals surface area contributed by atoms with Crippen molar-refractivity contribution in [1.82, 2.24) is 4.90 Å². The highest BCUT2D eigenvalue weighted by molar-refractivity contribution is 5.30. The average Bonchev–Trinajstić information content (AvgIpc) is 2.08. The molecule has 0 bridgehead atoms. The third-order valence-corrected chi connectivity index (χ3v) is 2.45. The molecule has 0 amide bonds. The van der Waals surface area contributed by atoms with Crippen LogP contribution in [0.25, 0.3) is 0 Å². The lowest BCUT2D eigenvalue weighted by Gasteiger charge is -2.24. The first-order chi connectivity index (χ1) is 6.16. The molecule has 0 spiro atoms. The van der Waals surface area contributed by atoms with Gasteiger partial charge in [0.05, 0.1) is 0 Å². The summed E-state index contributed by atoms with van der Waals surface area (Å²) in [5.41, 5.74) is 1.85. The van der Waals surface area contributed by atoms with Gasteiger partial charge in [0, 0.05) is 13.1 Å². The Morgan fingerprint density at radius 2 is 1.77 bits per heavy atom. The summed E-state index contributed by atoms with van der Waals surface area (Å²) in [6, 6.07) is 2.62. The van der Waals surface area contributed by atoms with Gasteiger partial charge in [0.25, 0.3) is 0 Å². The van der Waals surface area contributed by atoms with E-state index in [1.807, 2.05) is 7.05 Å². The fourth-order valence-electron chi connectivity index (χ4n) is 1.69. The molecule has 1 nitrogen and oxygen atoms in total. The molecule has 1 aliphatic rings. The van der Waals surface area contributed by atoms with Crippen molar-refractivity contribution in [2.75, 3.05) is 13.6 Å². The maximum Gasteiger partial charge on any atom is 0.159 e. The van der Waals surface area contributed by atoms with Gasteiger partial charge in [0.15, 0.2) is 11.6 Å². The van der Waals surface area contributed by atoms with E-state index in [9.17, 15) is 8.78 Å². The van der Waals surface area contributed by atoms with Crippen LogP contribution in [-0.2, 0) is 13.0 Å². The minimum absolute atomic E-state index is 0.715. The summed E-state index contributed by atoms with van der Waals surface area (Å²) in [6.07, 6.45) is 0.809. The van der Waals surface area contributed by atoms with E-state index in [2.05, 4.69) is 4.90 Å². The third-order valence-electron chi connectivity index (χ3n) is 2.45. The Hall–Kier alpha value is -0.960. The zero-order valence-electron chi connectivity index (χ0n) is 7.48. The van der Waals surface area contributed by atoms with Crippen molar-refractivity contribution in [3.63, 3.8) is 0 Å². The molecule has 0 atom stereocenters. The molecule has 70 valence electrons. The van der Waals surface area contributed by atoms with Crippen molar-refractivity contribution in [2.24, 2.45) is 0 Å². The van der Waals surface area contributed by atoms with Gasteiger partial charge in [-0.25, -0.2) is 8.78 Å². The van der Waals surface area contributed by atoms with E-state index in [1.165, 1.54) is 12.1 Å². The molecule has 0 fully saturated rings. The van der Waals surface area contributed by atoms with Crippen molar-refractivity contribution >= 4 is 0 Å². The van der Waals surface area contributed by atoms with Gasteiger partial charge >= 0.3 is 0 Å². The zero-order valence-corrected chi connectivity index (χ0v) is 7.48. The number of rotatable bonds is 0. The van der Waals surface area contributed by atoms with E-state index in [1.54, 1.807) is 0 Å². The Labute approximate surface area is 76.0 Å². The van der Waals surface area contributed by atoms with Crippen molar-refractivity contribution < 1.29 is 8.78 Å². The van der Waals surface area contributed by atoms with Gasteiger partial charge in [-0.15, -0.1) is 0 Å². The standard InChI is InChI=1S/C10H11F2N/c1-13-3-2-7-4-9(11)10(12)5-8(7)6-13/h4-5H,2-3,6H2,1H3. The van der Waals surface area contributed by atoms with Crippen molar-refractivity contribution in [1.29, 1.82) is 0 Å². The first-order valence-corrected chi connectivity index (χ1v) is 4.32. The van der Waals surface area contributed by atoms with E-state index in [0.717, 1.165) is 24.1 Å². The predicted molar refractivity (Wildman–Crippen MR) is 46.4 cm³/mol. The lowest BCUT2D eigenvalue weighted by Crippen LogP contribution is -2.26. The zero-order chi connectivity index (χ0) is 9.42. The summed E-state index contributed by atoms with van der Waals surface area (Å²) >= 11 is 0. The van der Waals surface area contributed by atoms with Gasteiger partial charge in [-0.1, -0.05) is 0 Å². The minimum Gasteiger partial charge on any atom is -0.302 e. The first kappa shape index (κ1) is 8.63. The maximum absolute atomic E-state index is 12.8. The second kappa shape index (κ2) is 3.07. The highest BCUT2D eigenvalue weighted by atomic mass is 19.2. The van der Waals surface area contributed by atoms with E-state index in [-0.39, 0.29) is 0 Å². The second-order valence-electron chi connectivity index (χ2n) is 3.52. The summed E-state index contributed by atoms with van der Waals surface area (Å²) in [5, 5.41) is 0. The van der Waals surface area contributed by atoms with Gasteiger partial charge in [0.2, 0.25) is 0 Å². The molecule has 0 aromatic heterocycles. The van der Waals surface area contributed by atoms with Gasteiger partial charge in [-0.05, 0) is 36.7 Å². The number of nitrogens with zero attached hydrogens (tertiary/aromatic N) is 1. The number of halogens is 2. The van der Waals surface area contributed by atoms with Crippen LogP contribution in [0.15, 0.2) is 12.1 Å². The van der Waals surface area contributed by atoms with Crippen molar-refractivity contribution in [3.8, 4) is 0 Å². The minimum atomic E-state index is -0.742. The number of hydrogen-bond acceptors (Lipinski definition) is 1. The number of fused-ring (bicyclic) bond motifs is 1. The highest BCUT2D eigenvalue weighted by Crippen LogP contribution is 2.20. The van der Waals surface area contributed by atoms with E-state index >= 15 is 0 Å². The summed E-state index contributed by atoms with van der Waals surface area (Å²) in [7, 11) is 1.98. The maximum atomic E-state index is 12.8. The van der Waals surface area contributed by atoms with Crippen LogP contribution in [0, 0.1) is 11.6 Å². The molecule has 3 heteroatoms. The first-order valence-electron chi connectivity index (χ1n) is 4.32. The van der Waals surface area contributed by atoms with Gasteiger partial charge in [-0.2, -0.15) is 0 Å². The van der Waals surface area contributed by atoms with Crippen molar-refractivity contribution in [2.45, 2.75) is 13.0 Å². The fourth-order valence-corrected chi connectivity index (χ4v) is 1.69. The topological polar surface area (TPSA) is 3.24 Å². The third kappa shape index (κ3) is 1.56. The highest BCUT2D eigenvalue weighted by Gasteiger charge is 2.15. The monoisotopic (exact) mass is 183 g/mol. The molecule has 0 N–H and O–H groups in total. The lowest BCUT2D eigenvalue weighted by atomic mass is 10.00. The summed E-state index contributed by atoms with van der Waals surface area (Å²) < 4.78 is 25.7. The van der Waals surface area contributed by atoms with Crippen LogP contribution in [0.1, 0.15) is 11.1 Å². The molecular weight excluding hydrogens is 172 g/mol. The van der Waals surface area contributed by atoms with E-state index < -0.39 is 11.6 Å². The smallest absolute Gasteiger partial charge is 0.159 e. The van der Waals surface area contributed by atoms with Crippen LogP contribution in [0.2, 0.25) is 0 Å². The van der Waals surface area contributed by atoms with E-state index in [0.29, 0.717) is 6.54 Å². The van der Waals surface area contributed by atoms with Crippen LogP contribution in [0.3, 0.4) is 0 Å². The van der Waals surface area contributed by atoms with Gasteiger partial charge in [0.1, 0.15) is 0 Å². The largest absolute Gasteiger partial charge is 0.302 e. The number of hydrogen-bond donors (Lipinski definition) is 0. The molecule has 1 aliphatic heterocycles. The molecule has 1 aromatic rings. The number of benzene rings is 1. The molecule has 13 heavy (non-hydrogen) atoms. The molecular formula is C10H11F2N. The molecule has 2 rings (SSSR count). The number of likely N-dealkylation sites (N-methyl/N-ethyl adjacent to an activating group) is 1. The van der Waals surface area contributed by atoms with E-state index in [4.69, 9.17) is 0 Å². The van der Waals surface area contributed by atoms with Crippen LogP contribution < -0.4 is 0 Å². The molecule has 0 saturated heterocycles. The Balaban J connectivity index is 2.43. The fraction of sp³-hybridized carbons (Fsp3) is 0.400. The molecule has 0 radical (unpaired) electrons. The molecule has 0 aliphatic carbocycles. The van der Waals surface area contributed by atoms with Gasteiger partial charge < -0.3 is 4.90 Å². The van der Waals surface area contributed by atoms with Crippen LogP contribution in [-0.4, -0.2) is 18.5 Å². The Morgan fingerprint density at radius 1 is 1.15 bits per heavy atom. The Bertz CT molecular complexity index is 336. The lowest BCUT2D eigenvalue weighted by molar-refractivity contribution is 0.310. The molecule has 0 saturated carbocycles. The Morgan fingerprint density at radius 3 is 2.46 bits per heavy atom. The normalized spacial score (nSPS) is 17.2. The second-order valence-corrected chi connectivity index (χ2v) is 3.52. The van der Waals surface area contributed by atoms with Crippen LogP contribution in [0.5, 0.6) is 0 Å². The summed E-state index contributed by atoms with van der Waals surface area (Å²) in [6.45, 7) is 1.63. The van der Waals surface area contributed by atoms with Gasteiger partial charge in [-0.3, -0.25) is 0 Å². The molecule has 0 unspecified atom stereocenters. The predicted octanol–water partition coefficient (Wildman–Crippen LogP) is 1.95. The quantitative estimate of drug-likeness (QED) is 0.594. The molecule has 1 heterocycles. The average molecular weight is 183 g/mol.